The first-order valence-corrected chi connectivity index (χ1v) is 8.96. The Bertz CT molecular complexity index is 949. The molecule has 0 unspecified atom stereocenters. The van der Waals surface area contributed by atoms with E-state index >= 15 is 0 Å². The number of para-hydroxylation sites is 2. The van der Waals surface area contributed by atoms with Crippen molar-refractivity contribution in [2.75, 3.05) is 18.6 Å². The second-order valence-corrected chi connectivity index (χ2v) is 6.12. The van der Waals surface area contributed by atoms with Gasteiger partial charge in [0.05, 0.1) is 12.3 Å². The van der Waals surface area contributed by atoms with Gasteiger partial charge in [-0.05, 0) is 24.6 Å². The lowest BCUT2D eigenvalue weighted by Gasteiger charge is -2.21. The zero-order valence-corrected chi connectivity index (χ0v) is 16.0. The Labute approximate surface area is 166 Å². The van der Waals surface area contributed by atoms with Gasteiger partial charge in [-0.3, -0.25) is 0 Å². The largest absolute Gasteiger partial charge is 0.492 e. The second kappa shape index (κ2) is 8.81. The summed E-state index contributed by atoms with van der Waals surface area (Å²) < 4.78 is 51.2. The van der Waals surface area contributed by atoms with Crippen LogP contribution in [0.2, 0.25) is 0 Å². The van der Waals surface area contributed by atoms with Crippen molar-refractivity contribution < 1.29 is 22.6 Å². The summed E-state index contributed by atoms with van der Waals surface area (Å²) in [6.45, 7) is 2.25. The van der Waals surface area contributed by atoms with Gasteiger partial charge in [-0.15, -0.1) is 0 Å². The van der Waals surface area contributed by atoms with Gasteiger partial charge < -0.3 is 14.4 Å². The van der Waals surface area contributed by atoms with Crippen molar-refractivity contribution in [3.63, 3.8) is 0 Å². The van der Waals surface area contributed by atoms with E-state index in [4.69, 9.17) is 9.47 Å². The summed E-state index contributed by atoms with van der Waals surface area (Å²) >= 11 is 0. The van der Waals surface area contributed by atoms with Crippen LogP contribution >= 0.6 is 0 Å². The molecule has 0 fully saturated rings. The van der Waals surface area contributed by atoms with Gasteiger partial charge in [-0.2, -0.15) is 18.2 Å². The van der Waals surface area contributed by atoms with Gasteiger partial charge in [0.2, 0.25) is 11.8 Å². The third-order valence-corrected chi connectivity index (χ3v) is 4.09. The minimum absolute atomic E-state index is 0.0420. The maximum absolute atomic E-state index is 13.4. The molecule has 0 radical (unpaired) electrons. The number of rotatable bonds is 7. The molecule has 8 heteroatoms. The van der Waals surface area contributed by atoms with Crippen LogP contribution in [0.1, 0.15) is 18.1 Å². The normalized spacial score (nSPS) is 11.2. The van der Waals surface area contributed by atoms with Gasteiger partial charge >= 0.3 is 6.18 Å². The highest BCUT2D eigenvalue weighted by Crippen LogP contribution is 2.37. The van der Waals surface area contributed by atoms with E-state index < -0.39 is 17.6 Å². The van der Waals surface area contributed by atoms with Crippen molar-refractivity contribution in [2.24, 2.45) is 0 Å². The molecule has 3 rings (SSSR count). The van der Waals surface area contributed by atoms with Gasteiger partial charge in [-0.25, -0.2) is 4.98 Å². The lowest BCUT2D eigenvalue weighted by molar-refractivity contribution is -0.139. The molecule has 0 aliphatic rings. The first kappa shape index (κ1) is 20.4. The predicted molar refractivity (Wildman–Crippen MR) is 103 cm³/mol. The number of benzene rings is 2. The summed E-state index contributed by atoms with van der Waals surface area (Å²) in [6.07, 6.45) is -3.89. The van der Waals surface area contributed by atoms with Crippen LogP contribution in [0.15, 0.2) is 60.8 Å². The van der Waals surface area contributed by atoms with E-state index in [0.717, 1.165) is 11.8 Å². The molecule has 0 amide bonds. The van der Waals surface area contributed by atoms with Crippen LogP contribution in [0.3, 0.4) is 0 Å². The molecule has 0 aliphatic carbocycles. The molecule has 3 aromatic rings. The third kappa shape index (κ3) is 4.96. The lowest BCUT2D eigenvalue weighted by atomic mass is 10.2. The first-order chi connectivity index (χ1) is 13.9. The fraction of sp³-hybridized carbons (Fsp3) is 0.238. The average molecular weight is 403 g/mol. The highest BCUT2D eigenvalue weighted by atomic mass is 19.4. The molecule has 0 bridgehead atoms. The molecule has 0 N–H and O–H groups in total. The van der Waals surface area contributed by atoms with Crippen molar-refractivity contribution in [1.29, 1.82) is 0 Å². The van der Waals surface area contributed by atoms with Crippen LogP contribution in [-0.2, 0) is 12.8 Å². The van der Waals surface area contributed by atoms with Crippen molar-refractivity contribution in [3.8, 4) is 11.6 Å². The molecule has 1 heterocycles. The van der Waals surface area contributed by atoms with E-state index in [-0.39, 0.29) is 12.6 Å². The maximum atomic E-state index is 13.4. The number of anilines is 2. The Kier molecular flexibility index (Phi) is 6.21. The maximum Gasteiger partial charge on any atom is 0.423 e. The first-order valence-electron chi connectivity index (χ1n) is 8.96. The number of aromatic nitrogens is 2. The molecule has 0 spiro atoms. The average Bonchev–Trinajstić information content (AvgIpc) is 2.72. The number of hydrogen-bond acceptors (Lipinski definition) is 5. The quantitative estimate of drug-likeness (QED) is 0.540. The lowest BCUT2D eigenvalue weighted by Crippen LogP contribution is -2.17. The van der Waals surface area contributed by atoms with Gasteiger partial charge in [0.25, 0.3) is 0 Å². The Morgan fingerprint density at radius 3 is 2.34 bits per heavy atom. The Balaban J connectivity index is 1.94. The van der Waals surface area contributed by atoms with E-state index in [0.29, 0.717) is 18.0 Å². The van der Waals surface area contributed by atoms with Crippen molar-refractivity contribution in [2.45, 2.75) is 19.7 Å². The van der Waals surface area contributed by atoms with E-state index in [1.54, 1.807) is 54.4 Å². The summed E-state index contributed by atoms with van der Waals surface area (Å²) in [5.74, 6) is 0.119. The summed E-state index contributed by atoms with van der Waals surface area (Å²) in [6, 6.07) is 16.1. The number of hydrogen-bond donors (Lipinski definition) is 0. The SMILES string of the molecule is CCOc1ccccc1N(C)c1ncc(C(F)(F)F)c(OCc2ccccc2)n1. The summed E-state index contributed by atoms with van der Waals surface area (Å²) in [4.78, 5) is 9.50. The number of alkyl halides is 3. The summed E-state index contributed by atoms with van der Waals surface area (Å²) in [5, 5.41) is 0. The molecule has 1 aromatic heterocycles. The van der Waals surface area contributed by atoms with Crippen LogP contribution in [-0.4, -0.2) is 23.6 Å². The standard InChI is InChI=1S/C21H20F3N3O2/c1-3-28-18-12-8-7-11-17(18)27(2)20-25-13-16(21(22,23)24)19(26-20)29-14-15-9-5-4-6-10-15/h4-13H,3,14H2,1-2H3. The van der Waals surface area contributed by atoms with E-state index in [2.05, 4.69) is 9.97 Å². The number of nitrogens with zero attached hydrogens (tertiary/aromatic N) is 3. The molecule has 0 saturated carbocycles. The zero-order chi connectivity index (χ0) is 20.9. The Hall–Kier alpha value is -3.29. The third-order valence-electron chi connectivity index (χ3n) is 4.09. The van der Waals surface area contributed by atoms with Gasteiger partial charge in [-0.1, -0.05) is 42.5 Å². The molecule has 5 nitrogen and oxygen atoms in total. The van der Waals surface area contributed by atoms with Gasteiger partial charge in [0.1, 0.15) is 17.9 Å². The van der Waals surface area contributed by atoms with E-state index in [1.807, 2.05) is 19.1 Å². The van der Waals surface area contributed by atoms with Crippen LogP contribution in [0.4, 0.5) is 24.8 Å². The van der Waals surface area contributed by atoms with Crippen molar-refractivity contribution in [3.05, 3.63) is 71.9 Å². The van der Waals surface area contributed by atoms with Crippen LogP contribution < -0.4 is 14.4 Å². The monoisotopic (exact) mass is 403 g/mol. The Morgan fingerprint density at radius 2 is 1.66 bits per heavy atom. The zero-order valence-electron chi connectivity index (χ0n) is 16.0. The Morgan fingerprint density at radius 1 is 0.966 bits per heavy atom. The van der Waals surface area contributed by atoms with Gasteiger partial charge in [0, 0.05) is 13.2 Å². The topological polar surface area (TPSA) is 47.5 Å². The molecule has 0 atom stereocenters. The molecule has 2 aromatic carbocycles. The highest BCUT2D eigenvalue weighted by molar-refractivity contribution is 5.65. The van der Waals surface area contributed by atoms with E-state index in [1.165, 1.54) is 0 Å². The highest BCUT2D eigenvalue weighted by Gasteiger charge is 2.36. The fourth-order valence-corrected chi connectivity index (χ4v) is 2.67. The predicted octanol–water partition coefficient (Wildman–Crippen LogP) is 5.24. The van der Waals surface area contributed by atoms with Crippen LogP contribution in [0, 0.1) is 0 Å². The van der Waals surface area contributed by atoms with Crippen molar-refractivity contribution >= 4 is 11.6 Å². The van der Waals surface area contributed by atoms with E-state index in [9.17, 15) is 13.2 Å². The smallest absolute Gasteiger partial charge is 0.423 e. The number of ether oxygens (including phenoxy) is 2. The summed E-state index contributed by atoms with van der Waals surface area (Å²) in [5.41, 5.74) is 0.336. The minimum Gasteiger partial charge on any atom is -0.492 e. The molecule has 29 heavy (non-hydrogen) atoms. The fourth-order valence-electron chi connectivity index (χ4n) is 2.67. The van der Waals surface area contributed by atoms with Crippen LogP contribution in [0.25, 0.3) is 0 Å². The minimum atomic E-state index is -4.63. The molecule has 0 saturated heterocycles. The van der Waals surface area contributed by atoms with Crippen molar-refractivity contribution in [1.82, 2.24) is 9.97 Å². The van der Waals surface area contributed by atoms with Crippen LogP contribution in [0.5, 0.6) is 11.6 Å². The number of halogens is 3. The molecule has 0 aliphatic heterocycles. The summed E-state index contributed by atoms with van der Waals surface area (Å²) in [7, 11) is 1.65. The molecule has 152 valence electrons. The molecular weight excluding hydrogens is 383 g/mol. The molecular formula is C21H20F3N3O2. The van der Waals surface area contributed by atoms with Gasteiger partial charge in [0.15, 0.2) is 0 Å². The second-order valence-electron chi connectivity index (χ2n) is 6.12.